The fraction of sp³-hybridized carbons (Fsp3) is 0.200. The van der Waals surface area contributed by atoms with Gasteiger partial charge in [-0.05, 0) is 37.6 Å². The van der Waals surface area contributed by atoms with Crippen molar-refractivity contribution in [3.05, 3.63) is 82.0 Å². The number of hydrazone groups is 1. The third-order valence-corrected chi connectivity index (χ3v) is 4.09. The Hall–Kier alpha value is -3.48. The van der Waals surface area contributed by atoms with Gasteiger partial charge in [0.25, 0.3) is 11.5 Å². The van der Waals surface area contributed by atoms with Crippen molar-refractivity contribution in [3.63, 3.8) is 0 Å². The molecule has 0 atom stereocenters. The van der Waals surface area contributed by atoms with Gasteiger partial charge in [-0.3, -0.25) is 19.7 Å². The summed E-state index contributed by atoms with van der Waals surface area (Å²) in [5, 5.41) is 7.31. The zero-order valence-corrected chi connectivity index (χ0v) is 15.3. The number of aromatic nitrogens is 3. The number of carbonyl (C=O) groups excluding carboxylic acids is 1. The van der Waals surface area contributed by atoms with Crippen LogP contribution in [0.15, 0.2) is 64.8 Å². The first-order valence-corrected chi connectivity index (χ1v) is 8.76. The molecule has 3 rings (SSSR count). The molecule has 0 spiro atoms. The fourth-order valence-corrected chi connectivity index (χ4v) is 2.80. The summed E-state index contributed by atoms with van der Waals surface area (Å²) in [5.41, 5.74) is 5.17. The predicted octanol–water partition coefficient (Wildman–Crippen LogP) is 2.67. The van der Waals surface area contributed by atoms with Gasteiger partial charge in [-0.2, -0.15) is 5.10 Å². The van der Waals surface area contributed by atoms with Gasteiger partial charge in [-0.15, -0.1) is 0 Å². The summed E-state index contributed by atoms with van der Waals surface area (Å²) in [4.78, 5) is 29.0. The highest BCUT2D eigenvalue weighted by Gasteiger charge is 2.17. The summed E-state index contributed by atoms with van der Waals surface area (Å²) >= 11 is 0. The first-order valence-electron chi connectivity index (χ1n) is 8.76. The summed E-state index contributed by atoms with van der Waals surface area (Å²) < 4.78 is 1.50. The van der Waals surface area contributed by atoms with Gasteiger partial charge in [0.2, 0.25) is 0 Å². The van der Waals surface area contributed by atoms with Crippen LogP contribution in [0.25, 0.3) is 5.69 Å². The summed E-state index contributed by atoms with van der Waals surface area (Å²) in [7, 11) is 0. The van der Waals surface area contributed by atoms with Gasteiger partial charge in [-0.1, -0.05) is 31.5 Å². The Balaban J connectivity index is 1.93. The average Bonchev–Trinajstić information content (AvgIpc) is 3.03. The fourth-order valence-electron chi connectivity index (χ4n) is 2.80. The number of hydrogen-bond acceptors (Lipinski definition) is 4. The van der Waals surface area contributed by atoms with Crippen LogP contribution in [0.1, 0.15) is 41.9 Å². The van der Waals surface area contributed by atoms with E-state index in [1.165, 1.54) is 10.9 Å². The zero-order chi connectivity index (χ0) is 19.2. The van der Waals surface area contributed by atoms with E-state index in [0.717, 1.165) is 17.8 Å². The van der Waals surface area contributed by atoms with Crippen molar-refractivity contribution in [1.29, 1.82) is 0 Å². The van der Waals surface area contributed by atoms with E-state index in [-0.39, 0.29) is 11.5 Å². The molecule has 2 heterocycles. The van der Waals surface area contributed by atoms with Crippen molar-refractivity contribution in [2.75, 3.05) is 0 Å². The molecule has 2 aromatic heterocycles. The summed E-state index contributed by atoms with van der Waals surface area (Å²) in [5.74, 6) is -0.376. The molecule has 0 aliphatic heterocycles. The van der Waals surface area contributed by atoms with E-state index in [1.54, 1.807) is 25.3 Å². The number of para-hydroxylation sites is 1. The van der Waals surface area contributed by atoms with Crippen LogP contribution in [0.4, 0.5) is 0 Å². The minimum atomic E-state index is -0.376. The van der Waals surface area contributed by atoms with Crippen molar-refractivity contribution in [1.82, 2.24) is 20.2 Å². The second kappa shape index (κ2) is 8.27. The van der Waals surface area contributed by atoms with E-state index in [9.17, 15) is 9.59 Å². The lowest BCUT2D eigenvalue weighted by atomic mass is 10.1. The van der Waals surface area contributed by atoms with Gasteiger partial charge in [-0.25, -0.2) is 10.1 Å². The number of aryl methyl sites for hydroxylation is 1. The molecule has 1 amide bonds. The van der Waals surface area contributed by atoms with E-state index in [2.05, 4.69) is 20.6 Å². The molecule has 0 unspecified atom stereocenters. The van der Waals surface area contributed by atoms with Gasteiger partial charge in [0.05, 0.1) is 22.5 Å². The highest BCUT2D eigenvalue weighted by atomic mass is 16.2. The van der Waals surface area contributed by atoms with Gasteiger partial charge < -0.3 is 0 Å². The maximum atomic E-state index is 12.9. The number of pyridine rings is 1. The Morgan fingerprint density at radius 3 is 2.67 bits per heavy atom. The zero-order valence-electron chi connectivity index (χ0n) is 15.3. The van der Waals surface area contributed by atoms with Gasteiger partial charge in [0.1, 0.15) is 0 Å². The third kappa shape index (κ3) is 4.03. The van der Waals surface area contributed by atoms with Crippen molar-refractivity contribution < 1.29 is 4.79 Å². The summed E-state index contributed by atoms with van der Waals surface area (Å²) in [6.07, 6.45) is 4.63. The molecule has 0 saturated carbocycles. The summed E-state index contributed by atoms with van der Waals surface area (Å²) in [6.45, 7) is 3.75. The molecular formula is C20H21N5O2. The highest BCUT2D eigenvalue weighted by molar-refractivity contribution is 6.01. The van der Waals surface area contributed by atoms with Crippen LogP contribution < -0.4 is 11.0 Å². The number of nitrogens with zero attached hydrogens (tertiary/aromatic N) is 3. The molecule has 0 saturated heterocycles. The molecule has 0 bridgehead atoms. The Bertz CT molecular complexity index is 1000. The Labute approximate surface area is 156 Å². The number of aromatic amines is 1. The second-order valence-corrected chi connectivity index (χ2v) is 6.07. The predicted molar refractivity (Wildman–Crippen MR) is 104 cm³/mol. The summed E-state index contributed by atoms with van der Waals surface area (Å²) in [6, 6.07) is 12.7. The van der Waals surface area contributed by atoms with Crippen LogP contribution in [0, 0.1) is 0 Å². The van der Waals surface area contributed by atoms with Gasteiger partial charge >= 0.3 is 0 Å². The number of hydrogen-bond donors (Lipinski definition) is 2. The van der Waals surface area contributed by atoms with E-state index in [4.69, 9.17) is 0 Å². The van der Waals surface area contributed by atoms with Crippen molar-refractivity contribution in [3.8, 4) is 5.69 Å². The number of amides is 1. The molecule has 0 aliphatic carbocycles. The van der Waals surface area contributed by atoms with Crippen LogP contribution in [0.3, 0.4) is 0 Å². The van der Waals surface area contributed by atoms with Gasteiger partial charge in [0.15, 0.2) is 0 Å². The minimum Gasteiger partial charge on any atom is -0.294 e. The number of H-pyrrole nitrogens is 1. The molecule has 27 heavy (non-hydrogen) atoms. The molecule has 3 aromatic rings. The largest absolute Gasteiger partial charge is 0.294 e. The lowest BCUT2D eigenvalue weighted by molar-refractivity contribution is 0.0954. The molecule has 138 valence electrons. The van der Waals surface area contributed by atoms with Crippen LogP contribution in [-0.2, 0) is 6.42 Å². The molecule has 7 heteroatoms. The molecule has 2 N–H and O–H groups in total. The number of carbonyl (C=O) groups is 1. The maximum absolute atomic E-state index is 12.9. The molecule has 7 nitrogen and oxygen atoms in total. The number of benzene rings is 1. The molecule has 0 aliphatic rings. The standard InChI is InChI=1S/C20H21N5O2/c1-3-8-17-18(20(27)25(24-17)16-10-5-4-6-11-16)14(2)22-23-19(26)15-9-7-12-21-13-15/h4-7,9-13,24H,3,8H2,1-2H3,(H,23,26)/b22-14+. The molecule has 1 aromatic carbocycles. The van der Waals surface area contributed by atoms with Crippen LogP contribution >= 0.6 is 0 Å². The SMILES string of the molecule is CCCc1[nH]n(-c2ccccc2)c(=O)c1/C(C)=N/NC(=O)c1cccnc1. The normalized spacial score (nSPS) is 11.4. The lowest BCUT2D eigenvalue weighted by Gasteiger charge is -2.02. The van der Waals surface area contributed by atoms with Crippen molar-refractivity contribution in [2.24, 2.45) is 5.10 Å². The third-order valence-electron chi connectivity index (χ3n) is 4.09. The van der Waals surface area contributed by atoms with Crippen LogP contribution in [-0.4, -0.2) is 26.4 Å². The highest BCUT2D eigenvalue weighted by Crippen LogP contribution is 2.10. The second-order valence-electron chi connectivity index (χ2n) is 6.07. The Kier molecular flexibility index (Phi) is 5.61. The molecule has 0 radical (unpaired) electrons. The van der Waals surface area contributed by atoms with E-state index >= 15 is 0 Å². The number of nitrogens with one attached hydrogen (secondary N) is 2. The smallest absolute Gasteiger partial charge is 0.280 e. The molecular weight excluding hydrogens is 342 g/mol. The van der Waals surface area contributed by atoms with Crippen molar-refractivity contribution in [2.45, 2.75) is 26.7 Å². The van der Waals surface area contributed by atoms with E-state index in [0.29, 0.717) is 23.3 Å². The monoisotopic (exact) mass is 363 g/mol. The van der Waals surface area contributed by atoms with Gasteiger partial charge in [0, 0.05) is 18.1 Å². The first kappa shape index (κ1) is 18.3. The number of rotatable bonds is 6. The van der Waals surface area contributed by atoms with E-state index in [1.807, 2.05) is 37.3 Å². The van der Waals surface area contributed by atoms with Crippen molar-refractivity contribution >= 4 is 11.6 Å². The lowest BCUT2D eigenvalue weighted by Crippen LogP contribution is -2.23. The Morgan fingerprint density at radius 2 is 2.00 bits per heavy atom. The molecule has 0 fully saturated rings. The van der Waals surface area contributed by atoms with Crippen LogP contribution in [0.5, 0.6) is 0 Å². The first-order chi connectivity index (χ1) is 13.1. The Morgan fingerprint density at radius 1 is 1.22 bits per heavy atom. The van der Waals surface area contributed by atoms with E-state index < -0.39 is 0 Å². The topological polar surface area (TPSA) is 92.1 Å². The average molecular weight is 363 g/mol. The maximum Gasteiger partial charge on any atom is 0.280 e. The minimum absolute atomic E-state index is 0.193. The van der Waals surface area contributed by atoms with Crippen LogP contribution in [0.2, 0.25) is 0 Å². The quantitative estimate of drug-likeness (QED) is 0.521.